The maximum atomic E-state index is 13.8. The van der Waals surface area contributed by atoms with Crippen molar-refractivity contribution in [3.8, 4) is 5.75 Å². The smallest absolute Gasteiger partial charge is 0.348 e. The van der Waals surface area contributed by atoms with Gasteiger partial charge >= 0.3 is 23.9 Å². The molecule has 1 heterocycles. The van der Waals surface area contributed by atoms with E-state index in [1.54, 1.807) is 58.0 Å². The summed E-state index contributed by atoms with van der Waals surface area (Å²) in [6.07, 6.45) is -6.89. The summed E-state index contributed by atoms with van der Waals surface area (Å²) in [6.45, 7) is 10.6. The normalized spacial score (nSPS) is 25.5. The molecule has 2 aromatic rings. The molecule has 1 saturated heterocycles. The maximum Gasteiger partial charge on any atom is 0.348 e. The Kier molecular flexibility index (Phi) is 13.5. The predicted molar refractivity (Wildman–Crippen MR) is 178 cm³/mol. The van der Waals surface area contributed by atoms with Crippen LogP contribution in [0.3, 0.4) is 0 Å². The number of para-hydroxylation sites is 1. The van der Waals surface area contributed by atoms with Gasteiger partial charge in [0, 0.05) is 18.3 Å². The average molecular weight is 699 g/mol. The van der Waals surface area contributed by atoms with E-state index in [1.165, 1.54) is 39.0 Å². The topological polar surface area (TPSA) is 204 Å². The zero-order chi connectivity index (χ0) is 37.3. The molecule has 4 unspecified atom stereocenters. The quantitative estimate of drug-likeness (QED) is 0.129. The van der Waals surface area contributed by atoms with Gasteiger partial charge in [-0.3, -0.25) is 14.4 Å². The number of ether oxygens (including phenoxy) is 4. The third-order valence-corrected chi connectivity index (χ3v) is 8.68. The Morgan fingerprint density at radius 2 is 1.54 bits per heavy atom. The van der Waals surface area contributed by atoms with Gasteiger partial charge in [0.25, 0.3) is 5.91 Å². The maximum absolute atomic E-state index is 13.8. The first kappa shape index (κ1) is 39.5. The Balaban J connectivity index is 2.12. The highest BCUT2D eigenvalue weighted by Crippen LogP contribution is 2.32. The molecule has 1 fully saturated rings. The van der Waals surface area contributed by atoms with Crippen LogP contribution in [-0.2, 0) is 49.3 Å². The highest BCUT2D eigenvalue weighted by atomic mass is 16.6. The molecule has 14 nitrogen and oxygen atoms in total. The van der Waals surface area contributed by atoms with Gasteiger partial charge in [-0.05, 0) is 44.9 Å². The van der Waals surface area contributed by atoms with E-state index in [0.29, 0.717) is 18.4 Å². The van der Waals surface area contributed by atoms with Crippen LogP contribution in [0.25, 0.3) is 0 Å². The van der Waals surface area contributed by atoms with E-state index in [4.69, 9.17) is 18.9 Å². The van der Waals surface area contributed by atoms with Crippen molar-refractivity contribution in [3.63, 3.8) is 0 Å². The van der Waals surface area contributed by atoms with Crippen LogP contribution in [0.15, 0.2) is 48.5 Å². The Hall–Kier alpha value is -4.98. The van der Waals surface area contributed by atoms with E-state index < -0.39 is 89.3 Å². The van der Waals surface area contributed by atoms with Gasteiger partial charge in [-0.1, -0.05) is 64.1 Å². The van der Waals surface area contributed by atoms with Crippen molar-refractivity contribution in [2.75, 3.05) is 5.32 Å². The van der Waals surface area contributed by atoms with Crippen LogP contribution in [0.5, 0.6) is 5.75 Å². The fourth-order valence-corrected chi connectivity index (χ4v) is 5.21. The van der Waals surface area contributed by atoms with Crippen LogP contribution in [0.4, 0.5) is 5.69 Å². The van der Waals surface area contributed by atoms with Crippen molar-refractivity contribution in [1.82, 2.24) is 5.32 Å². The minimum Gasteiger partial charge on any atom is -0.505 e. The molecule has 272 valence electrons. The lowest BCUT2D eigenvalue weighted by Gasteiger charge is -2.35. The lowest BCUT2D eigenvalue weighted by atomic mass is 9.81. The summed E-state index contributed by atoms with van der Waals surface area (Å²) in [6, 6.07) is 10.9. The molecule has 0 aromatic heterocycles. The number of carbonyl (C=O) groups is 6. The fraction of sp³-hybridized carbons (Fsp3) is 0.500. The molecule has 2 aromatic carbocycles. The second-order valence-corrected chi connectivity index (χ2v) is 13.2. The van der Waals surface area contributed by atoms with Crippen LogP contribution in [0.1, 0.15) is 70.8 Å². The van der Waals surface area contributed by atoms with E-state index in [1.807, 2.05) is 0 Å². The molecular formula is C36H46N2O12. The van der Waals surface area contributed by atoms with Gasteiger partial charge in [-0.15, -0.1) is 0 Å². The summed E-state index contributed by atoms with van der Waals surface area (Å²) in [7, 11) is 0. The van der Waals surface area contributed by atoms with E-state index in [2.05, 4.69) is 10.6 Å². The number of amides is 2. The van der Waals surface area contributed by atoms with Crippen LogP contribution in [0, 0.1) is 17.3 Å². The van der Waals surface area contributed by atoms with Gasteiger partial charge < -0.3 is 39.8 Å². The van der Waals surface area contributed by atoms with E-state index in [-0.39, 0.29) is 17.7 Å². The van der Waals surface area contributed by atoms with E-state index in [9.17, 15) is 39.0 Å². The second kappa shape index (κ2) is 17.1. The molecule has 1 aliphatic heterocycles. The van der Waals surface area contributed by atoms with Crippen LogP contribution >= 0.6 is 0 Å². The molecule has 1 aliphatic rings. The number of phenols is 1. The van der Waals surface area contributed by atoms with Gasteiger partial charge in [0.05, 0.1) is 16.7 Å². The van der Waals surface area contributed by atoms with Crippen LogP contribution < -0.4 is 10.6 Å². The first-order chi connectivity index (χ1) is 23.5. The van der Waals surface area contributed by atoms with Gasteiger partial charge in [0.15, 0.2) is 11.8 Å². The largest absolute Gasteiger partial charge is 0.505 e. The van der Waals surface area contributed by atoms with E-state index in [0.717, 1.165) is 0 Å². The SMILES string of the molecule is CC[C@H](C)[C@@H]1OC(=O)C(C)(C)[C@H](O)C(Cc2ccccc2)OC(=O)C(C(C)C)OC(=O)C(NC(=O)c2cccc(NC=O)c2O)C(C)OC1=O. The minimum atomic E-state index is -1.76. The number of aliphatic hydroxyl groups is 1. The number of carbonyl (C=O) groups excluding carboxylic acids is 6. The number of rotatable bonds is 9. The number of phenolic OH excluding ortho intramolecular Hbond substituents is 1. The first-order valence-corrected chi connectivity index (χ1v) is 16.4. The Labute approximate surface area is 290 Å². The third-order valence-electron chi connectivity index (χ3n) is 8.68. The molecule has 7 atom stereocenters. The summed E-state index contributed by atoms with van der Waals surface area (Å²) in [5, 5.41) is 26.9. The van der Waals surface area contributed by atoms with Crippen LogP contribution in [-0.4, -0.2) is 83.0 Å². The zero-order valence-corrected chi connectivity index (χ0v) is 29.2. The third kappa shape index (κ3) is 9.37. The molecule has 0 radical (unpaired) electrons. The highest BCUT2D eigenvalue weighted by molar-refractivity contribution is 6.01. The lowest BCUT2D eigenvalue weighted by molar-refractivity contribution is -0.190. The van der Waals surface area contributed by atoms with Crippen molar-refractivity contribution >= 4 is 41.9 Å². The molecule has 4 N–H and O–H groups in total. The standard InChI is InChI=1S/C36H46N2O12/c1-8-20(4)29-34(45)47-21(5)26(38-31(42)23-15-12-16-24(27(23)40)37-18-39)32(43)49-28(19(2)3)33(44)48-25(17-22-13-10-9-11-14-22)30(41)36(6,7)35(46)50-29/h9-16,18-21,25-26,28-30,40-41H,8,17H2,1-7H3,(H,37,39)(H,38,42)/t20-,21?,25?,26?,28?,29-,30+/m0/s1. The molecular weight excluding hydrogens is 652 g/mol. The molecule has 0 bridgehead atoms. The summed E-state index contributed by atoms with van der Waals surface area (Å²) < 4.78 is 22.7. The molecule has 14 heteroatoms. The van der Waals surface area contributed by atoms with E-state index >= 15 is 0 Å². The molecule has 0 saturated carbocycles. The lowest BCUT2D eigenvalue weighted by Crippen LogP contribution is -2.52. The number of benzene rings is 2. The molecule has 3 rings (SSSR count). The molecule has 0 aliphatic carbocycles. The second-order valence-electron chi connectivity index (χ2n) is 13.2. The van der Waals surface area contributed by atoms with Gasteiger partial charge in [-0.25, -0.2) is 14.4 Å². The monoisotopic (exact) mass is 698 g/mol. The Bertz CT molecular complexity index is 1540. The van der Waals surface area contributed by atoms with Gasteiger partial charge in [0.1, 0.15) is 18.3 Å². The average Bonchev–Trinajstić information content (AvgIpc) is 3.07. The van der Waals surface area contributed by atoms with Crippen molar-refractivity contribution in [3.05, 3.63) is 59.7 Å². The number of anilines is 1. The van der Waals surface area contributed by atoms with Crippen LogP contribution in [0.2, 0.25) is 0 Å². The highest BCUT2D eigenvalue weighted by Gasteiger charge is 2.47. The van der Waals surface area contributed by atoms with Gasteiger partial charge in [0.2, 0.25) is 18.6 Å². The number of nitrogens with one attached hydrogen (secondary N) is 2. The number of cyclic esters (lactones) is 4. The summed E-state index contributed by atoms with van der Waals surface area (Å²) in [5.41, 5.74) is -1.48. The molecule has 2 amide bonds. The first-order valence-electron chi connectivity index (χ1n) is 16.4. The fourth-order valence-electron chi connectivity index (χ4n) is 5.21. The number of aliphatic hydroxyl groups excluding tert-OH is 1. The molecule has 50 heavy (non-hydrogen) atoms. The van der Waals surface area contributed by atoms with Crippen molar-refractivity contribution in [2.24, 2.45) is 17.3 Å². The van der Waals surface area contributed by atoms with Crippen molar-refractivity contribution in [1.29, 1.82) is 0 Å². The summed E-state index contributed by atoms with van der Waals surface area (Å²) in [5.74, 6) is -7.13. The summed E-state index contributed by atoms with van der Waals surface area (Å²) >= 11 is 0. The zero-order valence-electron chi connectivity index (χ0n) is 29.2. The van der Waals surface area contributed by atoms with Gasteiger partial charge in [-0.2, -0.15) is 0 Å². The summed E-state index contributed by atoms with van der Waals surface area (Å²) in [4.78, 5) is 79.3. The van der Waals surface area contributed by atoms with Crippen molar-refractivity contribution < 1.29 is 57.9 Å². The predicted octanol–water partition coefficient (Wildman–Crippen LogP) is 3.07. The van der Waals surface area contributed by atoms with Crippen molar-refractivity contribution in [2.45, 2.75) is 97.9 Å². The minimum absolute atomic E-state index is 0.0305. The number of esters is 4. The molecule has 0 spiro atoms. The Morgan fingerprint density at radius 3 is 2.14 bits per heavy atom. The number of hydrogen-bond acceptors (Lipinski definition) is 12. The number of hydrogen-bond donors (Lipinski definition) is 4. The number of aromatic hydroxyl groups is 1. The Morgan fingerprint density at radius 1 is 0.900 bits per heavy atom.